The van der Waals surface area contributed by atoms with Crippen molar-refractivity contribution in [2.45, 2.75) is 0 Å². The van der Waals surface area contributed by atoms with Crippen molar-refractivity contribution in [1.29, 1.82) is 0 Å². The summed E-state index contributed by atoms with van der Waals surface area (Å²) in [7, 11) is 0. The van der Waals surface area contributed by atoms with Crippen molar-refractivity contribution in [1.82, 2.24) is 19.7 Å². The van der Waals surface area contributed by atoms with E-state index < -0.39 is 17.6 Å². The Kier molecular flexibility index (Phi) is 7.67. The van der Waals surface area contributed by atoms with Crippen LogP contribution in [0.1, 0.15) is 5.69 Å². The number of benzene rings is 1. The molecule has 0 atom stereocenters. The topological polar surface area (TPSA) is 77.0 Å². The zero-order chi connectivity index (χ0) is 24.2. The van der Waals surface area contributed by atoms with Gasteiger partial charge < -0.3 is 5.11 Å². The molecule has 0 radical (unpaired) electrons. The number of carboxylic acids is 1. The maximum atomic E-state index is 13.6. The zero-order valence-electron chi connectivity index (χ0n) is 18.1. The third-order valence-corrected chi connectivity index (χ3v) is 6.92. The van der Waals surface area contributed by atoms with Gasteiger partial charge in [-0.15, -0.1) is 0 Å². The van der Waals surface area contributed by atoms with Gasteiger partial charge in [0.1, 0.15) is 16.0 Å². The maximum Gasteiger partial charge on any atom is 0.317 e. The lowest BCUT2D eigenvalue weighted by atomic mass is 10.1. The standard InChI is InChI=1S/C23H22F2N4O3S2/c24-16-10-15(11-17(25)12-16)19-3-1-2-18(26-19)13-20-22(32)29(23(33)34-20)9-8-27-4-6-28(7-5-27)14-21(30)31/h1-3,10-13H,4-9,14H2,(H,30,31). The van der Waals surface area contributed by atoms with E-state index in [2.05, 4.69) is 9.88 Å². The molecule has 3 heterocycles. The predicted molar refractivity (Wildman–Crippen MR) is 130 cm³/mol. The second-order valence-corrected chi connectivity index (χ2v) is 9.63. The summed E-state index contributed by atoms with van der Waals surface area (Å²) in [6.45, 7) is 3.92. The Morgan fingerprint density at radius 1 is 1.09 bits per heavy atom. The van der Waals surface area contributed by atoms with Crippen molar-refractivity contribution in [3.63, 3.8) is 0 Å². The van der Waals surface area contributed by atoms with E-state index in [1.807, 2.05) is 4.90 Å². The van der Waals surface area contributed by atoms with E-state index in [0.29, 0.717) is 52.4 Å². The molecule has 178 valence electrons. The SMILES string of the molecule is O=C(O)CN1CCN(CCN2C(=O)C(=Cc3cccc(-c4cc(F)cc(F)c4)n3)SC2=S)CC1. The monoisotopic (exact) mass is 504 g/mol. The van der Waals surface area contributed by atoms with E-state index >= 15 is 0 Å². The highest BCUT2D eigenvalue weighted by molar-refractivity contribution is 8.26. The lowest BCUT2D eigenvalue weighted by molar-refractivity contribution is -0.138. The van der Waals surface area contributed by atoms with Gasteiger partial charge in [0.2, 0.25) is 0 Å². The first-order chi connectivity index (χ1) is 16.3. The summed E-state index contributed by atoms with van der Waals surface area (Å²) in [5.41, 5.74) is 1.19. The number of carbonyl (C=O) groups is 2. The summed E-state index contributed by atoms with van der Waals surface area (Å²) in [6.07, 6.45) is 1.63. The van der Waals surface area contributed by atoms with Gasteiger partial charge in [-0.3, -0.25) is 24.3 Å². The Bertz CT molecular complexity index is 1130. The summed E-state index contributed by atoms with van der Waals surface area (Å²) < 4.78 is 27.6. The van der Waals surface area contributed by atoms with E-state index in [-0.39, 0.29) is 12.5 Å². The first-order valence-corrected chi connectivity index (χ1v) is 11.9. The van der Waals surface area contributed by atoms with Crippen LogP contribution in [-0.2, 0) is 9.59 Å². The van der Waals surface area contributed by atoms with Crippen LogP contribution in [0.25, 0.3) is 17.3 Å². The molecule has 2 aliphatic rings. The molecule has 1 aromatic heterocycles. The maximum absolute atomic E-state index is 13.6. The van der Waals surface area contributed by atoms with E-state index in [9.17, 15) is 18.4 Å². The average Bonchev–Trinajstić information content (AvgIpc) is 3.05. The number of piperazine rings is 1. The highest BCUT2D eigenvalue weighted by atomic mass is 32.2. The predicted octanol–water partition coefficient (Wildman–Crippen LogP) is 2.93. The molecule has 0 saturated carbocycles. The van der Waals surface area contributed by atoms with Crippen LogP contribution in [-0.4, -0.2) is 86.8 Å². The Morgan fingerprint density at radius 3 is 2.44 bits per heavy atom. The number of thiocarbonyl (C=S) groups is 1. The fraction of sp³-hybridized carbons (Fsp3) is 0.304. The first-order valence-electron chi connectivity index (χ1n) is 10.6. The number of hydrogen-bond acceptors (Lipinski definition) is 7. The lowest BCUT2D eigenvalue weighted by Crippen LogP contribution is -2.49. The van der Waals surface area contributed by atoms with Gasteiger partial charge in [0.15, 0.2) is 0 Å². The molecule has 2 aliphatic heterocycles. The molecule has 0 bridgehead atoms. The van der Waals surface area contributed by atoms with Crippen LogP contribution in [0.15, 0.2) is 41.3 Å². The third kappa shape index (κ3) is 6.03. The van der Waals surface area contributed by atoms with Crippen LogP contribution in [0.5, 0.6) is 0 Å². The summed E-state index contributed by atoms with van der Waals surface area (Å²) in [5.74, 6) is -2.41. The minimum absolute atomic E-state index is 0.0384. The molecular formula is C23H22F2N4O3S2. The molecule has 7 nitrogen and oxygen atoms in total. The second kappa shape index (κ2) is 10.7. The number of thioether (sulfide) groups is 1. The second-order valence-electron chi connectivity index (χ2n) is 7.95. The van der Waals surface area contributed by atoms with Crippen molar-refractivity contribution in [2.75, 3.05) is 45.8 Å². The van der Waals surface area contributed by atoms with Gasteiger partial charge >= 0.3 is 5.97 Å². The van der Waals surface area contributed by atoms with Crippen LogP contribution >= 0.6 is 24.0 Å². The summed E-state index contributed by atoms with van der Waals surface area (Å²) in [4.78, 5) is 34.3. The van der Waals surface area contributed by atoms with E-state index in [0.717, 1.165) is 19.2 Å². The van der Waals surface area contributed by atoms with Crippen LogP contribution in [0, 0.1) is 11.6 Å². The molecule has 0 unspecified atom stereocenters. The Hall–Kier alpha value is -2.73. The summed E-state index contributed by atoms with van der Waals surface area (Å²) >= 11 is 6.60. The van der Waals surface area contributed by atoms with Gasteiger partial charge in [0, 0.05) is 50.9 Å². The number of amides is 1. The molecule has 4 rings (SSSR count). The molecule has 1 aromatic carbocycles. The van der Waals surface area contributed by atoms with E-state index in [1.54, 1.807) is 29.2 Å². The Morgan fingerprint density at radius 2 is 1.76 bits per heavy atom. The Balaban J connectivity index is 1.39. The number of rotatable bonds is 7. The molecule has 34 heavy (non-hydrogen) atoms. The number of pyridine rings is 1. The first kappa shape index (κ1) is 24.4. The van der Waals surface area contributed by atoms with Crippen molar-refractivity contribution < 1.29 is 23.5 Å². The molecule has 2 aromatic rings. The number of halogens is 2. The summed E-state index contributed by atoms with van der Waals surface area (Å²) in [5, 5.41) is 8.91. The fourth-order valence-electron chi connectivity index (χ4n) is 3.83. The number of nitrogens with zero attached hydrogens (tertiary/aromatic N) is 4. The molecular weight excluding hydrogens is 482 g/mol. The van der Waals surface area contributed by atoms with Crippen molar-refractivity contribution in [3.8, 4) is 11.3 Å². The smallest absolute Gasteiger partial charge is 0.317 e. The number of carbonyl (C=O) groups excluding carboxylic acids is 1. The lowest BCUT2D eigenvalue weighted by Gasteiger charge is -2.34. The zero-order valence-corrected chi connectivity index (χ0v) is 19.7. The average molecular weight is 505 g/mol. The van der Waals surface area contributed by atoms with Gasteiger partial charge in [-0.05, 0) is 30.3 Å². The van der Waals surface area contributed by atoms with Gasteiger partial charge in [0.25, 0.3) is 5.91 Å². The highest BCUT2D eigenvalue weighted by Crippen LogP contribution is 2.32. The number of carboxylic acid groups (broad SMARTS) is 1. The van der Waals surface area contributed by atoms with Crippen LogP contribution < -0.4 is 0 Å². The molecule has 0 spiro atoms. The van der Waals surface area contributed by atoms with Crippen LogP contribution in [0.4, 0.5) is 8.78 Å². The van der Waals surface area contributed by atoms with Crippen LogP contribution in [0.2, 0.25) is 0 Å². The number of hydrogen-bond donors (Lipinski definition) is 1. The summed E-state index contributed by atoms with van der Waals surface area (Å²) in [6, 6.07) is 8.28. The van der Waals surface area contributed by atoms with Crippen molar-refractivity contribution >= 4 is 46.3 Å². The molecule has 1 amide bonds. The van der Waals surface area contributed by atoms with Gasteiger partial charge in [-0.2, -0.15) is 0 Å². The van der Waals surface area contributed by atoms with E-state index in [1.165, 1.54) is 23.9 Å². The minimum atomic E-state index is -0.832. The van der Waals surface area contributed by atoms with Gasteiger partial charge in [-0.1, -0.05) is 30.0 Å². The van der Waals surface area contributed by atoms with Gasteiger partial charge in [0.05, 0.1) is 22.8 Å². The van der Waals surface area contributed by atoms with Crippen LogP contribution in [0.3, 0.4) is 0 Å². The Labute approximate surface area is 205 Å². The van der Waals surface area contributed by atoms with E-state index in [4.69, 9.17) is 17.3 Å². The normalized spacial score (nSPS) is 18.8. The third-order valence-electron chi connectivity index (χ3n) is 5.55. The molecule has 0 aliphatic carbocycles. The molecule has 2 saturated heterocycles. The fourth-order valence-corrected chi connectivity index (χ4v) is 5.12. The highest BCUT2D eigenvalue weighted by Gasteiger charge is 2.32. The number of aromatic nitrogens is 1. The quantitative estimate of drug-likeness (QED) is 0.456. The molecule has 11 heteroatoms. The number of aliphatic carboxylic acids is 1. The van der Waals surface area contributed by atoms with Gasteiger partial charge in [-0.25, -0.2) is 13.8 Å². The molecule has 1 N–H and O–H groups in total. The van der Waals surface area contributed by atoms with Crippen molar-refractivity contribution in [2.24, 2.45) is 0 Å². The molecule has 2 fully saturated rings. The van der Waals surface area contributed by atoms with Crippen molar-refractivity contribution in [3.05, 3.63) is 58.6 Å². The largest absolute Gasteiger partial charge is 0.480 e. The minimum Gasteiger partial charge on any atom is -0.480 e.